The van der Waals surface area contributed by atoms with Gasteiger partial charge in [-0.2, -0.15) is 0 Å². The highest BCUT2D eigenvalue weighted by Gasteiger charge is 2.20. The van der Waals surface area contributed by atoms with Crippen LogP contribution in [0.4, 0.5) is 10.2 Å². The SMILES string of the molecule is NC(=O)c1cc2c(NC(=O)c3cccc(Cl)c3)nn(-c3cccc(F)c3)c2s1. The number of hydrogen-bond acceptors (Lipinski definition) is 4. The Labute approximate surface area is 167 Å². The van der Waals surface area contributed by atoms with Gasteiger partial charge < -0.3 is 11.1 Å². The van der Waals surface area contributed by atoms with E-state index in [4.69, 9.17) is 17.3 Å². The zero-order valence-corrected chi connectivity index (χ0v) is 15.7. The van der Waals surface area contributed by atoms with Crippen LogP contribution in [0.3, 0.4) is 0 Å². The van der Waals surface area contributed by atoms with Crippen LogP contribution in [0.2, 0.25) is 5.02 Å². The van der Waals surface area contributed by atoms with E-state index in [9.17, 15) is 14.0 Å². The van der Waals surface area contributed by atoms with Gasteiger partial charge in [0.1, 0.15) is 10.6 Å². The monoisotopic (exact) mass is 414 g/mol. The van der Waals surface area contributed by atoms with Crippen LogP contribution in [-0.4, -0.2) is 21.6 Å². The summed E-state index contributed by atoms with van der Waals surface area (Å²) < 4.78 is 15.1. The van der Waals surface area contributed by atoms with Crippen LogP contribution in [0, 0.1) is 5.82 Å². The van der Waals surface area contributed by atoms with Crippen LogP contribution >= 0.6 is 22.9 Å². The summed E-state index contributed by atoms with van der Waals surface area (Å²) in [6.07, 6.45) is 0. The van der Waals surface area contributed by atoms with Gasteiger partial charge in [0.05, 0.1) is 16.0 Å². The van der Waals surface area contributed by atoms with Crippen molar-refractivity contribution >= 4 is 50.8 Å². The summed E-state index contributed by atoms with van der Waals surface area (Å²) in [7, 11) is 0. The molecule has 3 N–H and O–H groups in total. The quantitative estimate of drug-likeness (QED) is 0.523. The van der Waals surface area contributed by atoms with E-state index in [0.717, 1.165) is 11.3 Å². The second kappa shape index (κ2) is 7.06. The van der Waals surface area contributed by atoms with Crippen molar-refractivity contribution in [2.45, 2.75) is 0 Å². The molecule has 28 heavy (non-hydrogen) atoms. The summed E-state index contributed by atoms with van der Waals surface area (Å²) in [5, 5.41) is 8.06. The number of benzene rings is 2. The number of fused-ring (bicyclic) bond motifs is 1. The lowest BCUT2D eigenvalue weighted by molar-refractivity contribution is 0.100. The first kappa shape index (κ1) is 18.1. The minimum atomic E-state index is -0.598. The maximum Gasteiger partial charge on any atom is 0.258 e. The molecular formula is C19H12ClFN4O2S. The second-order valence-electron chi connectivity index (χ2n) is 5.90. The van der Waals surface area contributed by atoms with E-state index in [0.29, 0.717) is 31.4 Å². The number of rotatable bonds is 4. The van der Waals surface area contributed by atoms with Crippen LogP contribution < -0.4 is 11.1 Å². The summed E-state index contributed by atoms with van der Waals surface area (Å²) in [6.45, 7) is 0. The Bertz CT molecular complexity index is 1230. The van der Waals surface area contributed by atoms with Crippen molar-refractivity contribution < 1.29 is 14.0 Å². The molecule has 0 spiro atoms. The van der Waals surface area contributed by atoms with Gasteiger partial charge in [-0.05, 0) is 42.5 Å². The Kier molecular flexibility index (Phi) is 4.58. The third-order valence-corrected chi connectivity index (χ3v) is 5.33. The average Bonchev–Trinajstić information content (AvgIpc) is 3.22. The molecule has 0 saturated heterocycles. The molecule has 2 aromatic carbocycles. The predicted molar refractivity (Wildman–Crippen MR) is 107 cm³/mol. The third-order valence-electron chi connectivity index (χ3n) is 3.97. The van der Waals surface area contributed by atoms with Crippen LogP contribution in [0.1, 0.15) is 20.0 Å². The molecule has 2 heterocycles. The molecule has 0 atom stereocenters. The van der Waals surface area contributed by atoms with Crippen molar-refractivity contribution in [2.75, 3.05) is 5.32 Å². The molecule has 2 aromatic heterocycles. The number of nitrogens with two attached hydrogens (primary N) is 1. The van der Waals surface area contributed by atoms with Crippen LogP contribution in [0.15, 0.2) is 54.6 Å². The molecule has 2 amide bonds. The largest absolute Gasteiger partial charge is 0.365 e. The molecule has 0 aliphatic rings. The summed E-state index contributed by atoms with van der Waals surface area (Å²) in [4.78, 5) is 25.0. The Morgan fingerprint density at radius 2 is 1.93 bits per heavy atom. The van der Waals surface area contributed by atoms with Gasteiger partial charge in [-0.25, -0.2) is 9.07 Å². The van der Waals surface area contributed by atoms with E-state index in [1.807, 2.05) is 0 Å². The molecule has 4 aromatic rings. The number of amides is 2. The third kappa shape index (κ3) is 3.35. The summed E-state index contributed by atoms with van der Waals surface area (Å²) in [5.74, 6) is -1.22. The Morgan fingerprint density at radius 1 is 1.14 bits per heavy atom. The van der Waals surface area contributed by atoms with Gasteiger partial charge in [-0.15, -0.1) is 16.4 Å². The standard InChI is InChI=1S/C19H12ClFN4O2S/c20-11-4-1-3-10(7-11)18(27)23-17-14-9-15(16(22)26)28-19(14)25(24-17)13-6-2-5-12(21)8-13/h1-9H,(H2,22,26)(H,23,24,27). The van der Waals surface area contributed by atoms with E-state index < -0.39 is 17.6 Å². The minimum Gasteiger partial charge on any atom is -0.365 e. The predicted octanol–water partition coefficient (Wildman–Crippen LogP) is 4.23. The molecule has 140 valence electrons. The lowest BCUT2D eigenvalue weighted by atomic mass is 10.2. The van der Waals surface area contributed by atoms with Gasteiger partial charge in [0.2, 0.25) is 0 Å². The molecule has 0 radical (unpaired) electrons. The number of carbonyl (C=O) groups excluding carboxylic acids is 2. The molecule has 0 aliphatic heterocycles. The highest BCUT2D eigenvalue weighted by Crippen LogP contribution is 2.33. The molecular weight excluding hydrogens is 403 g/mol. The second-order valence-corrected chi connectivity index (χ2v) is 7.37. The Hall–Kier alpha value is -3.23. The number of anilines is 1. The Balaban J connectivity index is 1.81. The van der Waals surface area contributed by atoms with E-state index in [1.165, 1.54) is 22.9 Å². The molecule has 4 rings (SSSR count). The van der Waals surface area contributed by atoms with Crippen LogP contribution in [-0.2, 0) is 0 Å². The fourth-order valence-electron chi connectivity index (χ4n) is 2.71. The van der Waals surface area contributed by atoms with Gasteiger partial charge in [-0.1, -0.05) is 23.7 Å². The number of nitrogens with zero attached hydrogens (tertiary/aromatic N) is 2. The van der Waals surface area contributed by atoms with E-state index in [-0.39, 0.29) is 5.82 Å². The normalized spacial score (nSPS) is 10.9. The van der Waals surface area contributed by atoms with Crippen LogP contribution in [0.25, 0.3) is 15.9 Å². The minimum absolute atomic E-state index is 0.230. The van der Waals surface area contributed by atoms with Gasteiger partial charge in [0, 0.05) is 10.6 Å². The van der Waals surface area contributed by atoms with Gasteiger partial charge in [0.15, 0.2) is 5.82 Å². The number of carbonyl (C=O) groups is 2. The maximum atomic E-state index is 13.7. The number of nitrogens with one attached hydrogen (secondary N) is 1. The molecule has 0 bridgehead atoms. The first-order chi connectivity index (χ1) is 13.4. The van der Waals surface area contributed by atoms with E-state index in [2.05, 4.69) is 10.4 Å². The summed E-state index contributed by atoms with van der Waals surface area (Å²) >= 11 is 7.05. The topological polar surface area (TPSA) is 90.0 Å². The highest BCUT2D eigenvalue weighted by molar-refractivity contribution is 7.20. The number of halogens is 2. The van der Waals surface area contributed by atoms with Crippen molar-refractivity contribution in [3.8, 4) is 5.69 Å². The molecule has 6 nitrogen and oxygen atoms in total. The Morgan fingerprint density at radius 3 is 2.64 bits per heavy atom. The van der Waals surface area contributed by atoms with Gasteiger partial charge >= 0.3 is 0 Å². The lowest BCUT2D eigenvalue weighted by Gasteiger charge is -2.04. The first-order valence-electron chi connectivity index (χ1n) is 8.07. The van der Waals surface area contributed by atoms with E-state index in [1.54, 1.807) is 36.4 Å². The van der Waals surface area contributed by atoms with Crippen molar-refractivity contribution in [2.24, 2.45) is 5.73 Å². The molecule has 0 unspecified atom stereocenters. The fourth-order valence-corrected chi connectivity index (χ4v) is 3.89. The lowest BCUT2D eigenvalue weighted by Crippen LogP contribution is -2.13. The number of hydrogen-bond donors (Lipinski definition) is 2. The number of aromatic nitrogens is 2. The zero-order chi connectivity index (χ0) is 19.8. The van der Waals surface area contributed by atoms with Gasteiger partial charge in [-0.3, -0.25) is 9.59 Å². The maximum absolute atomic E-state index is 13.7. The van der Waals surface area contributed by atoms with E-state index >= 15 is 0 Å². The molecule has 0 aliphatic carbocycles. The average molecular weight is 415 g/mol. The molecule has 0 saturated carbocycles. The van der Waals surface area contributed by atoms with Crippen LogP contribution in [0.5, 0.6) is 0 Å². The summed E-state index contributed by atoms with van der Waals surface area (Å²) in [5.41, 5.74) is 6.19. The molecule has 0 fully saturated rings. The molecule has 9 heteroatoms. The van der Waals surface area contributed by atoms with Gasteiger partial charge in [0.25, 0.3) is 11.8 Å². The van der Waals surface area contributed by atoms with Crippen molar-refractivity contribution in [1.82, 2.24) is 9.78 Å². The highest BCUT2D eigenvalue weighted by atomic mass is 35.5. The van der Waals surface area contributed by atoms with Crippen molar-refractivity contribution in [1.29, 1.82) is 0 Å². The zero-order valence-electron chi connectivity index (χ0n) is 14.1. The van der Waals surface area contributed by atoms with Crippen molar-refractivity contribution in [3.63, 3.8) is 0 Å². The number of primary amides is 1. The first-order valence-corrected chi connectivity index (χ1v) is 9.27. The number of thiophene rings is 1. The smallest absolute Gasteiger partial charge is 0.258 e. The fraction of sp³-hybridized carbons (Fsp3) is 0. The summed E-state index contributed by atoms with van der Waals surface area (Å²) in [6, 6.07) is 13.9. The van der Waals surface area contributed by atoms with Crippen molar-refractivity contribution in [3.05, 3.63) is 75.9 Å².